The van der Waals surface area contributed by atoms with Gasteiger partial charge in [0.25, 0.3) is 0 Å². The van der Waals surface area contributed by atoms with Gasteiger partial charge < -0.3 is 16.0 Å². The van der Waals surface area contributed by atoms with E-state index in [4.69, 9.17) is 0 Å². The van der Waals surface area contributed by atoms with Gasteiger partial charge in [0.05, 0.1) is 24.0 Å². The maximum absolute atomic E-state index is 14.7. The lowest BCUT2D eigenvalue weighted by molar-refractivity contribution is -0.127. The first-order valence-electron chi connectivity index (χ1n) is 11.0. The van der Waals surface area contributed by atoms with Gasteiger partial charge in [-0.15, -0.1) is 0 Å². The summed E-state index contributed by atoms with van der Waals surface area (Å²) in [6, 6.07) is 6.68. The van der Waals surface area contributed by atoms with Crippen LogP contribution < -0.4 is 16.0 Å². The predicted molar refractivity (Wildman–Crippen MR) is 132 cm³/mol. The molecule has 2 heterocycles. The third-order valence-corrected chi connectivity index (χ3v) is 5.10. The van der Waals surface area contributed by atoms with E-state index in [0.717, 1.165) is 30.3 Å². The van der Waals surface area contributed by atoms with Gasteiger partial charge in [-0.1, -0.05) is 12.6 Å². The van der Waals surface area contributed by atoms with Crippen molar-refractivity contribution in [3.8, 4) is 11.1 Å². The quantitative estimate of drug-likeness (QED) is 0.195. The first kappa shape index (κ1) is 26.3. The van der Waals surface area contributed by atoms with Crippen LogP contribution in [0.5, 0.6) is 0 Å². The van der Waals surface area contributed by atoms with Crippen LogP contribution in [0.2, 0.25) is 0 Å². The monoisotopic (exact) mass is 529 g/mol. The lowest BCUT2D eigenvalue weighted by atomic mass is 10.0. The van der Waals surface area contributed by atoms with Crippen LogP contribution in [0, 0.1) is 11.6 Å². The van der Waals surface area contributed by atoms with E-state index in [1.165, 1.54) is 29.2 Å². The summed E-state index contributed by atoms with van der Waals surface area (Å²) in [7, 11) is 1.70. The van der Waals surface area contributed by atoms with Gasteiger partial charge in [-0.3, -0.25) is 9.48 Å². The minimum Gasteiger partial charge on any atom is -0.337 e. The Morgan fingerprint density at radius 1 is 1.08 bits per heavy atom. The fourth-order valence-electron chi connectivity index (χ4n) is 3.52. The van der Waals surface area contributed by atoms with Gasteiger partial charge in [0, 0.05) is 30.7 Å². The Kier molecular flexibility index (Phi) is 7.37. The molecule has 0 aliphatic carbocycles. The van der Waals surface area contributed by atoms with Crippen LogP contribution in [0.1, 0.15) is 5.56 Å². The molecular formula is C25H20F5N7O. The van der Waals surface area contributed by atoms with Gasteiger partial charge in [0.15, 0.2) is 0 Å². The number of amides is 1. The summed E-state index contributed by atoms with van der Waals surface area (Å²) in [6.45, 7) is 3.36. The molecule has 0 aliphatic rings. The maximum atomic E-state index is 14.7. The number of carbonyl (C=O) groups is 1. The molecule has 0 spiro atoms. The van der Waals surface area contributed by atoms with E-state index < -0.39 is 30.1 Å². The zero-order valence-electron chi connectivity index (χ0n) is 19.8. The van der Waals surface area contributed by atoms with Gasteiger partial charge in [-0.25, -0.2) is 13.8 Å². The molecule has 4 rings (SSSR count). The summed E-state index contributed by atoms with van der Waals surface area (Å²) in [4.78, 5) is 20.2. The van der Waals surface area contributed by atoms with Crippen molar-refractivity contribution in [2.45, 2.75) is 12.6 Å². The van der Waals surface area contributed by atoms with Crippen LogP contribution in [-0.4, -0.2) is 31.8 Å². The zero-order valence-corrected chi connectivity index (χ0v) is 19.8. The highest BCUT2D eigenvalue weighted by molar-refractivity contribution is 5.99. The van der Waals surface area contributed by atoms with Crippen molar-refractivity contribution < 1.29 is 26.7 Å². The first-order chi connectivity index (χ1) is 18.0. The molecule has 38 heavy (non-hydrogen) atoms. The molecule has 4 aromatic rings. The first-order valence-corrected chi connectivity index (χ1v) is 11.0. The molecule has 0 saturated carbocycles. The fourth-order valence-corrected chi connectivity index (χ4v) is 3.52. The normalized spacial score (nSPS) is 11.2. The predicted octanol–water partition coefficient (Wildman–Crippen LogP) is 5.87. The zero-order chi connectivity index (χ0) is 27.4. The van der Waals surface area contributed by atoms with Crippen LogP contribution in [0.4, 0.5) is 50.8 Å². The summed E-state index contributed by atoms with van der Waals surface area (Å²) in [5.74, 6) is -2.13. The van der Waals surface area contributed by atoms with Crippen molar-refractivity contribution in [2.24, 2.45) is 7.05 Å². The molecule has 0 bridgehead atoms. The number of hydrogen-bond donors (Lipinski definition) is 3. The molecule has 1 amide bonds. The summed E-state index contributed by atoms with van der Waals surface area (Å²) in [6.07, 6.45) is -0.446. The smallest absolute Gasteiger partial charge is 0.337 e. The fraction of sp³-hybridized carbons (Fsp3) is 0.120. The SMILES string of the molecule is C=CC(=O)Nc1ccc(F)c(Nc2nc(Nc3cnn(C)c3)ncc2-c2cc(F)cc(CC(F)(F)F)c2)c1. The molecule has 3 N–H and O–H groups in total. The van der Waals surface area contributed by atoms with Crippen molar-refractivity contribution in [2.75, 3.05) is 16.0 Å². The van der Waals surface area contributed by atoms with Gasteiger partial charge in [0.1, 0.15) is 17.5 Å². The highest BCUT2D eigenvalue weighted by Gasteiger charge is 2.28. The van der Waals surface area contributed by atoms with E-state index in [1.807, 2.05) is 0 Å². The van der Waals surface area contributed by atoms with E-state index in [-0.39, 0.29) is 39.8 Å². The minimum atomic E-state index is -4.56. The van der Waals surface area contributed by atoms with Crippen molar-refractivity contribution in [3.63, 3.8) is 0 Å². The molecule has 0 aliphatic heterocycles. The molecule has 196 valence electrons. The molecule has 0 saturated heterocycles. The number of nitrogens with one attached hydrogen (secondary N) is 3. The van der Waals surface area contributed by atoms with Crippen LogP contribution in [0.25, 0.3) is 11.1 Å². The number of anilines is 5. The Hall–Kier alpha value is -4.81. The standard InChI is InChI=1S/C25H20F5N7O/c1-3-22(38)33-17-4-5-20(27)21(9-17)35-23-19(12-31-24(36-23)34-18-11-32-37(2)13-18)15-6-14(7-16(26)8-15)10-25(28,29)30/h3-9,11-13H,1,10H2,2H3,(H,33,38)(H2,31,34,35,36). The summed E-state index contributed by atoms with van der Waals surface area (Å²) in [5, 5.41) is 12.2. The van der Waals surface area contributed by atoms with Crippen molar-refractivity contribution >= 4 is 34.7 Å². The largest absolute Gasteiger partial charge is 0.393 e. The Morgan fingerprint density at radius 2 is 1.87 bits per heavy atom. The molecular weight excluding hydrogens is 509 g/mol. The Labute approximate surface area is 213 Å². The Balaban J connectivity index is 1.78. The molecule has 0 fully saturated rings. The molecule has 0 unspecified atom stereocenters. The molecule has 2 aromatic carbocycles. The number of alkyl halides is 3. The third-order valence-electron chi connectivity index (χ3n) is 5.10. The highest BCUT2D eigenvalue weighted by atomic mass is 19.4. The van der Waals surface area contributed by atoms with Crippen LogP contribution in [0.3, 0.4) is 0 Å². The lowest BCUT2D eigenvalue weighted by Gasteiger charge is -2.15. The second-order valence-electron chi connectivity index (χ2n) is 8.14. The number of hydrogen-bond acceptors (Lipinski definition) is 6. The van der Waals surface area contributed by atoms with Gasteiger partial charge >= 0.3 is 6.18 Å². The van der Waals surface area contributed by atoms with Crippen LogP contribution in [0.15, 0.2) is 67.6 Å². The van der Waals surface area contributed by atoms with E-state index >= 15 is 0 Å². The molecule has 2 aromatic heterocycles. The van der Waals surface area contributed by atoms with Crippen molar-refractivity contribution in [3.05, 3.63) is 84.8 Å². The molecule has 13 heteroatoms. The topological polar surface area (TPSA) is 96.8 Å². The number of rotatable bonds is 8. The van der Waals surface area contributed by atoms with Gasteiger partial charge in [-0.05, 0) is 47.5 Å². The van der Waals surface area contributed by atoms with Crippen molar-refractivity contribution in [1.29, 1.82) is 0 Å². The van der Waals surface area contributed by atoms with Crippen molar-refractivity contribution in [1.82, 2.24) is 19.7 Å². The Morgan fingerprint density at radius 3 is 2.55 bits per heavy atom. The molecule has 0 atom stereocenters. The minimum absolute atomic E-state index is 0.0381. The van der Waals surface area contributed by atoms with Gasteiger partial charge in [0.2, 0.25) is 11.9 Å². The number of nitrogens with zero attached hydrogens (tertiary/aromatic N) is 4. The van der Waals surface area contributed by atoms with Crippen LogP contribution in [-0.2, 0) is 18.3 Å². The summed E-state index contributed by atoms with van der Waals surface area (Å²) >= 11 is 0. The molecule has 0 radical (unpaired) electrons. The number of aromatic nitrogens is 4. The van der Waals surface area contributed by atoms with E-state index in [0.29, 0.717) is 5.69 Å². The highest BCUT2D eigenvalue weighted by Crippen LogP contribution is 2.33. The third kappa shape index (κ3) is 6.69. The number of carbonyl (C=O) groups excluding carboxylic acids is 1. The number of halogens is 5. The summed E-state index contributed by atoms with van der Waals surface area (Å²) < 4.78 is 69.5. The Bertz CT molecular complexity index is 1500. The van der Waals surface area contributed by atoms with E-state index in [1.54, 1.807) is 13.2 Å². The second kappa shape index (κ2) is 10.7. The average molecular weight is 529 g/mol. The lowest BCUT2D eigenvalue weighted by Crippen LogP contribution is -2.12. The number of aryl methyl sites for hydroxylation is 1. The van der Waals surface area contributed by atoms with E-state index in [2.05, 4.69) is 37.6 Å². The molecule has 8 nitrogen and oxygen atoms in total. The number of benzene rings is 2. The van der Waals surface area contributed by atoms with Gasteiger partial charge in [-0.2, -0.15) is 23.3 Å². The second-order valence-corrected chi connectivity index (χ2v) is 8.14. The van der Waals surface area contributed by atoms with E-state index in [9.17, 15) is 26.7 Å². The average Bonchev–Trinajstić information content (AvgIpc) is 3.24. The summed E-state index contributed by atoms with van der Waals surface area (Å²) in [5.41, 5.74) is 0.481. The maximum Gasteiger partial charge on any atom is 0.393 e. The van der Waals surface area contributed by atoms with Crippen LogP contribution >= 0.6 is 0 Å².